The molecule has 0 spiro atoms. The Balaban J connectivity index is 1.60. The first-order chi connectivity index (χ1) is 8.83. The van der Waals surface area contributed by atoms with Gasteiger partial charge in [-0.25, -0.2) is 0 Å². The molecule has 18 heavy (non-hydrogen) atoms. The average Bonchev–Trinajstić information content (AvgIpc) is 2.82. The summed E-state index contributed by atoms with van der Waals surface area (Å²) in [5.41, 5.74) is 3.03. The van der Waals surface area contributed by atoms with E-state index in [1.54, 1.807) is 5.56 Å². The van der Waals surface area contributed by atoms with Crippen LogP contribution < -0.4 is 10.6 Å². The molecule has 1 fully saturated rings. The van der Waals surface area contributed by atoms with Crippen LogP contribution in [0.1, 0.15) is 43.2 Å². The Labute approximate surface area is 110 Å². The van der Waals surface area contributed by atoms with Crippen LogP contribution in [0.15, 0.2) is 24.3 Å². The Morgan fingerprint density at radius 2 is 2.17 bits per heavy atom. The van der Waals surface area contributed by atoms with E-state index in [2.05, 4.69) is 41.8 Å². The van der Waals surface area contributed by atoms with E-state index in [4.69, 9.17) is 0 Å². The third kappa shape index (κ3) is 2.60. The second kappa shape index (κ2) is 5.41. The van der Waals surface area contributed by atoms with Gasteiger partial charge in [0.1, 0.15) is 0 Å². The smallest absolute Gasteiger partial charge is 0.0208 e. The quantitative estimate of drug-likeness (QED) is 0.854. The molecule has 2 aliphatic rings. The summed E-state index contributed by atoms with van der Waals surface area (Å²) < 4.78 is 0. The van der Waals surface area contributed by atoms with Crippen molar-refractivity contribution in [3.05, 3.63) is 35.4 Å². The largest absolute Gasteiger partial charge is 0.313 e. The fraction of sp³-hybridized carbons (Fsp3) is 0.625. The molecule has 3 unspecified atom stereocenters. The highest BCUT2D eigenvalue weighted by molar-refractivity contribution is 5.32. The Bertz CT molecular complexity index is 402. The van der Waals surface area contributed by atoms with Crippen molar-refractivity contribution in [1.29, 1.82) is 0 Å². The van der Waals surface area contributed by atoms with Crippen LogP contribution in [0.3, 0.4) is 0 Å². The zero-order chi connectivity index (χ0) is 12.4. The van der Waals surface area contributed by atoms with Gasteiger partial charge in [-0.05, 0) is 36.3 Å². The first-order valence-corrected chi connectivity index (χ1v) is 7.35. The predicted molar refractivity (Wildman–Crippen MR) is 75.7 cm³/mol. The molecule has 0 amide bonds. The lowest BCUT2D eigenvalue weighted by Gasteiger charge is -2.28. The number of hydrogen-bond acceptors (Lipinski definition) is 2. The zero-order valence-electron chi connectivity index (χ0n) is 11.3. The van der Waals surface area contributed by atoms with Crippen LogP contribution in [0.4, 0.5) is 0 Å². The first-order valence-electron chi connectivity index (χ1n) is 7.35. The van der Waals surface area contributed by atoms with Crippen molar-refractivity contribution in [2.45, 2.75) is 44.7 Å². The van der Waals surface area contributed by atoms with Gasteiger partial charge in [0, 0.05) is 31.6 Å². The zero-order valence-corrected chi connectivity index (χ0v) is 11.3. The van der Waals surface area contributed by atoms with E-state index in [1.807, 2.05) is 0 Å². The minimum absolute atomic E-state index is 0.644. The van der Waals surface area contributed by atoms with Crippen LogP contribution >= 0.6 is 0 Å². The molecule has 1 saturated carbocycles. The van der Waals surface area contributed by atoms with E-state index in [9.17, 15) is 0 Å². The number of hydrogen-bond donors (Lipinski definition) is 2. The molecule has 3 atom stereocenters. The minimum Gasteiger partial charge on any atom is -0.313 e. The van der Waals surface area contributed by atoms with Gasteiger partial charge in [-0.3, -0.25) is 0 Å². The molecule has 98 valence electrons. The third-order valence-electron chi connectivity index (χ3n) is 4.55. The van der Waals surface area contributed by atoms with Crippen molar-refractivity contribution in [1.82, 2.24) is 10.6 Å². The SMILES string of the molecule is CC1CCC(NCC2CNCc3ccccc32)C1. The van der Waals surface area contributed by atoms with E-state index in [-0.39, 0.29) is 0 Å². The fourth-order valence-corrected chi connectivity index (χ4v) is 3.47. The van der Waals surface area contributed by atoms with Gasteiger partial charge in [-0.15, -0.1) is 0 Å². The van der Waals surface area contributed by atoms with Crippen LogP contribution in [-0.2, 0) is 6.54 Å². The lowest BCUT2D eigenvalue weighted by molar-refractivity contribution is 0.446. The molecule has 0 radical (unpaired) electrons. The summed E-state index contributed by atoms with van der Waals surface area (Å²) in [7, 11) is 0. The molecule has 1 aromatic rings. The van der Waals surface area contributed by atoms with Gasteiger partial charge in [-0.2, -0.15) is 0 Å². The summed E-state index contributed by atoms with van der Waals surface area (Å²) in [6, 6.07) is 9.64. The number of rotatable bonds is 3. The van der Waals surface area contributed by atoms with Crippen molar-refractivity contribution in [3.63, 3.8) is 0 Å². The summed E-state index contributed by atoms with van der Waals surface area (Å²) in [5.74, 6) is 1.56. The fourth-order valence-electron chi connectivity index (χ4n) is 3.47. The second-order valence-corrected chi connectivity index (χ2v) is 6.05. The molecule has 1 heterocycles. The van der Waals surface area contributed by atoms with Gasteiger partial charge in [0.05, 0.1) is 0 Å². The van der Waals surface area contributed by atoms with Crippen molar-refractivity contribution in [2.75, 3.05) is 13.1 Å². The molecule has 1 aliphatic carbocycles. The van der Waals surface area contributed by atoms with E-state index < -0.39 is 0 Å². The monoisotopic (exact) mass is 244 g/mol. The van der Waals surface area contributed by atoms with Gasteiger partial charge in [0.2, 0.25) is 0 Å². The standard InChI is InChI=1S/C16H24N2/c1-12-6-7-15(8-12)18-11-14-10-17-9-13-4-2-3-5-16(13)14/h2-5,12,14-15,17-18H,6-11H2,1H3. The lowest BCUT2D eigenvalue weighted by Crippen LogP contribution is -2.37. The molecule has 2 nitrogen and oxygen atoms in total. The normalized spacial score (nSPS) is 31.3. The molecule has 0 saturated heterocycles. The van der Waals surface area contributed by atoms with Crippen LogP contribution in [0.2, 0.25) is 0 Å². The molecule has 0 bridgehead atoms. The Morgan fingerprint density at radius 3 is 3.00 bits per heavy atom. The summed E-state index contributed by atoms with van der Waals surface area (Å²) in [6.07, 6.45) is 4.13. The molecule has 2 N–H and O–H groups in total. The van der Waals surface area contributed by atoms with Gasteiger partial charge in [0.15, 0.2) is 0 Å². The summed E-state index contributed by atoms with van der Waals surface area (Å²) in [6.45, 7) is 5.65. The molecule has 0 aromatic heterocycles. The van der Waals surface area contributed by atoms with Crippen LogP contribution in [0.5, 0.6) is 0 Å². The molecule has 1 aliphatic heterocycles. The third-order valence-corrected chi connectivity index (χ3v) is 4.55. The van der Waals surface area contributed by atoms with Gasteiger partial charge < -0.3 is 10.6 Å². The van der Waals surface area contributed by atoms with Crippen molar-refractivity contribution >= 4 is 0 Å². The van der Waals surface area contributed by atoms with E-state index >= 15 is 0 Å². The molecule has 2 heteroatoms. The Morgan fingerprint density at radius 1 is 1.28 bits per heavy atom. The van der Waals surface area contributed by atoms with Crippen LogP contribution in [-0.4, -0.2) is 19.1 Å². The highest BCUT2D eigenvalue weighted by Gasteiger charge is 2.24. The predicted octanol–water partition coefficient (Wildman–Crippen LogP) is 2.65. The number of fused-ring (bicyclic) bond motifs is 1. The summed E-state index contributed by atoms with van der Waals surface area (Å²) in [4.78, 5) is 0. The average molecular weight is 244 g/mol. The van der Waals surface area contributed by atoms with Crippen molar-refractivity contribution in [3.8, 4) is 0 Å². The topological polar surface area (TPSA) is 24.1 Å². The summed E-state index contributed by atoms with van der Waals surface area (Å²) >= 11 is 0. The maximum Gasteiger partial charge on any atom is 0.0208 e. The molecular formula is C16H24N2. The first kappa shape index (κ1) is 12.2. The van der Waals surface area contributed by atoms with E-state index in [1.165, 1.54) is 24.8 Å². The minimum atomic E-state index is 0.644. The van der Waals surface area contributed by atoms with Crippen molar-refractivity contribution in [2.24, 2.45) is 5.92 Å². The van der Waals surface area contributed by atoms with Crippen LogP contribution in [0.25, 0.3) is 0 Å². The number of nitrogens with one attached hydrogen (secondary N) is 2. The maximum absolute atomic E-state index is 3.78. The molecule has 1 aromatic carbocycles. The Hall–Kier alpha value is -0.860. The van der Waals surface area contributed by atoms with Gasteiger partial charge >= 0.3 is 0 Å². The van der Waals surface area contributed by atoms with Crippen LogP contribution in [0, 0.1) is 5.92 Å². The number of benzene rings is 1. The van der Waals surface area contributed by atoms with E-state index in [0.29, 0.717) is 5.92 Å². The highest BCUT2D eigenvalue weighted by Crippen LogP contribution is 2.27. The molecule has 3 rings (SSSR count). The maximum atomic E-state index is 3.78. The van der Waals surface area contributed by atoms with Gasteiger partial charge in [-0.1, -0.05) is 31.2 Å². The van der Waals surface area contributed by atoms with E-state index in [0.717, 1.165) is 31.6 Å². The van der Waals surface area contributed by atoms with Gasteiger partial charge in [0.25, 0.3) is 0 Å². The highest BCUT2D eigenvalue weighted by atomic mass is 14.9. The molecular weight excluding hydrogens is 220 g/mol. The second-order valence-electron chi connectivity index (χ2n) is 6.05. The Kier molecular flexibility index (Phi) is 3.67. The summed E-state index contributed by atoms with van der Waals surface area (Å²) in [5, 5.41) is 7.32. The lowest BCUT2D eigenvalue weighted by atomic mass is 9.90. The van der Waals surface area contributed by atoms with Crippen molar-refractivity contribution < 1.29 is 0 Å².